The minimum Gasteiger partial charge on any atom is -0.369 e. The SMILES string of the molecule is CC1CCCC1CNc1ncccc1Cl. The van der Waals surface area contributed by atoms with Crippen LogP contribution < -0.4 is 5.32 Å². The van der Waals surface area contributed by atoms with Crippen molar-refractivity contribution in [3.05, 3.63) is 23.4 Å². The third kappa shape index (κ3) is 2.63. The molecule has 0 spiro atoms. The molecule has 82 valence electrons. The lowest BCUT2D eigenvalue weighted by atomic mass is 9.98. The highest BCUT2D eigenvalue weighted by atomic mass is 35.5. The van der Waals surface area contributed by atoms with E-state index < -0.39 is 0 Å². The molecule has 2 nitrogen and oxygen atoms in total. The first-order valence-electron chi connectivity index (χ1n) is 5.62. The van der Waals surface area contributed by atoms with Gasteiger partial charge in [0, 0.05) is 12.7 Å². The molecule has 1 aromatic rings. The smallest absolute Gasteiger partial charge is 0.144 e. The van der Waals surface area contributed by atoms with Crippen LogP contribution in [-0.2, 0) is 0 Å². The number of hydrogen-bond donors (Lipinski definition) is 1. The molecule has 2 unspecified atom stereocenters. The molecule has 1 fully saturated rings. The van der Waals surface area contributed by atoms with E-state index in [0.29, 0.717) is 5.02 Å². The van der Waals surface area contributed by atoms with Crippen LogP contribution in [-0.4, -0.2) is 11.5 Å². The fourth-order valence-electron chi connectivity index (χ4n) is 2.27. The van der Waals surface area contributed by atoms with E-state index in [0.717, 1.165) is 24.2 Å². The normalized spacial score (nSPS) is 25.5. The summed E-state index contributed by atoms with van der Waals surface area (Å²) in [6.07, 6.45) is 5.83. The van der Waals surface area contributed by atoms with Gasteiger partial charge in [0.05, 0.1) is 5.02 Å². The van der Waals surface area contributed by atoms with Crippen molar-refractivity contribution < 1.29 is 0 Å². The van der Waals surface area contributed by atoms with Crippen LogP contribution in [0.25, 0.3) is 0 Å². The second kappa shape index (κ2) is 4.84. The van der Waals surface area contributed by atoms with E-state index in [1.165, 1.54) is 19.3 Å². The van der Waals surface area contributed by atoms with Crippen LogP contribution in [0.4, 0.5) is 5.82 Å². The van der Waals surface area contributed by atoms with E-state index in [1.807, 2.05) is 12.1 Å². The maximum atomic E-state index is 6.02. The molecule has 1 heterocycles. The Labute approximate surface area is 96.1 Å². The molecule has 15 heavy (non-hydrogen) atoms. The summed E-state index contributed by atoms with van der Waals surface area (Å²) < 4.78 is 0. The Morgan fingerprint density at radius 3 is 3.07 bits per heavy atom. The summed E-state index contributed by atoms with van der Waals surface area (Å²) in [6.45, 7) is 3.33. The van der Waals surface area contributed by atoms with Crippen molar-refractivity contribution in [3.8, 4) is 0 Å². The van der Waals surface area contributed by atoms with Crippen molar-refractivity contribution >= 4 is 17.4 Å². The van der Waals surface area contributed by atoms with Gasteiger partial charge < -0.3 is 5.32 Å². The molecule has 2 atom stereocenters. The Balaban J connectivity index is 1.90. The van der Waals surface area contributed by atoms with E-state index >= 15 is 0 Å². The van der Waals surface area contributed by atoms with E-state index in [9.17, 15) is 0 Å². The summed E-state index contributed by atoms with van der Waals surface area (Å²) in [4.78, 5) is 4.22. The molecule has 0 aliphatic heterocycles. The van der Waals surface area contributed by atoms with Crippen LogP contribution in [0.1, 0.15) is 26.2 Å². The molecule has 2 rings (SSSR count). The monoisotopic (exact) mass is 224 g/mol. The zero-order valence-electron chi connectivity index (χ0n) is 9.04. The molecule has 1 aliphatic rings. The highest BCUT2D eigenvalue weighted by molar-refractivity contribution is 6.32. The number of hydrogen-bond acceptors (Lipinski definition) is 2. The lowest BCUT2D eigenvalue weighted by molar-refractivity contribution is 0.439. The summed E-state index contributed by atoms with van der Waals surface area (Å²) >= 11 is 6.02. The summed E-state index contributed by atoms with van der Waals surface area (Å²) in [5.41, 5.74) is 0. The standard InChI is InChI=1S/C12H17ClN2/c1-9-4-2-5-10(9)8-15-12-11(13)6-3-7-14-12/h3,6-7,9-10H,2,4-5,8H2,1H3,(H,14,15). The van der Waals surface area contributed by atoms with Gasteiger partial charge in [-0.05, 0) is 30.4 Å². The number of anilines is 1. The van der Waals surface area contributed by atoms with Gasteiger partial charge in [-0.15, -0.1) is 0 Å². The first-order chi connectivity index (χ1) is 7.27. The average Bonchev–Trinajstić information content (AvgIpc) is 2.63. The molecule has 0 radical (unpaired) electrons. The van der Waals surface area contributed by atoms with Gasteiger partial charge in [-0.2, -0.15) is 0 Å². The molecule has 1 N–H and O–H groups in total. The molecule has 0 saturated heterocycles. The van der Waals surface area contributed by atoms with Gasteiger partial charge in [-0.3, -0.25) is 0 Å². The van der Waals surface area contributed by atoms with Gasteiger partial charge in [0.2, 0.25) is 0 Å². The van der Waals surface area contributed by atoms with Gasteiger partial charge in [0.15, 0.2) is 0 Å². The second-order valence-corrected chi connectivity index (χ2v) is 4.79. The molecule has 1 saturated carbocycles. The van der Waals surface area contributed by atoms with Gasteiger partial charge in [0.25, 0.3) is 0 Å². The predicted molar refractivity (Wildman–Crippen MR) is 64.2 cm³/mol. The zero-order chi connectivity index (χ0) is 10.7. The number of nitrogens with zero attached hydrogens (tertiary/aromatic N) is 1. The summed E-state index contributed by atoms with van der Waals surface area (Å²) in [5, 5.41) is 4.05. The van der Waals surface area contributed by atoms with E-state index in [-0.39, 0.29) is 0 Å². The Morgan fingerprint density at radius 2 is 2.40 bits per heavy atom. The van der Waals surface area contributed by atoms with E-state index in [2.05, 4.69) is 17.2 Å². The van der Waals surface area contributed by atoms with Crippen LogP contribution in [0.3, 0.4) is 0 Å². The summed E-state index contributed by atoms with van der Waals surface area (Å²) in [7, 11) is 0. The number of pyridine rings is 1. The fourth-order valence-corrected chi connectivity index (χ4v) is 2.46. The largest absolute Gasteiger partial charge is 0.369 e. The van der Waals surface area contributed by atoms with E-state index in [4.69, 9.17) is 11.6 Å². The molecule has 0 aromatic carbocycles. The third-order valence-electron chi connectivity index (χ3n) is 3.33. The predicted octanol–water partition coefficient (Wildman–Crippen LogP) is 3.58. The number of halogens is 1. The van der Waals surface area contributed by atoms with Gasteiger partial charge >= 0.3 is 0 Å². The molecular formula is C12H17ClN2. The van der Waals surface area contributed by atoms with Crippen molar-refractivity contribution in [2.75, 3.05) is 11.9 Å². The molecule has 3 heteroatoms. The molecule has 0 bridgehead atoms. The van der Waals surface area contributed by atoms with Crippen LogP contribution >= 0.6 is 11.6 Å². The van der Waals surface area contributed by atoms with Crippen molar-refractivity contribution in [2.24, 2.45) is 11.8 Å². The van der Waals surface area contributed by atoms with Gasteiger partial charge in [-0.1, -0.05) is 31.4 Å². The van der Waals surface area contributed by atoms with E-state index in [1.54, 1.807) is 6.20 Å². The maximum absolute atomic E-state index is 6.02. The first kappa shape index (κ1) is 10.7. The number of rotatable bonds is 3. The van der Waals surface area contributed by atoms with Crippen molar-refractivity contribution in [1.82, 2.24) is 4.98 Å². The summed E-state index contributed by atoms with van der Waals surface area (Å²) in [6, 6.07) is 3.72. The topological polar surface area (TPSA) is 24.9 Å². The van der Waals surface area contributed by atoms with Crippen molar-refractivity contribution in [1.29, 1.82) is 0 Å². The zero-order valence-corrected chi connectivity index (χ0v) is 9.80. The van der Waals surface area contributed by atoms with Crippen LogP contribution in [0.15, 0.2) is 18.3 Å². The lowest BCUT2D eigenvalue weighted by Gasteiger charge is -2.16. The Bertz CT molecular complexity index is 327. The minimum absolute atomic E-state index is 0.711. The minimum atomic E-state index is 0.711. The highest BCUT2D eigenvalue weighted by Gasteiger charge is 2.22. The summed E-state index contributed by atoms with van der Waals surface area (Å²) in [5.74, 6) is 2.43. The maximum Gasteiger partial charge on any atom is 0.144 e. The highest BCUT2D eigenvalue weighted by Crippen LogP contribution is 2.31. The quantitative estimate of drug-likeness (QED) is 0.849. The average molecular weight is 225 g/mol. The second-order valence-electron chi connectivity index (χ2n) is 4.38. The molecular weight excluding hydrogens is 208 g/mol. The molecule has 0 amide bonds. The van der Waals surface area contributed by atoms with Crippen LogP contribution in [0.2, 0.25) is 5.02 Å². The van der Waals surface area contributed by atoms with Gasteiger partial charge in [0.1, 0.15) is 5.82 Å². The first-order valence-corrected chi connectivity index (χ1v) is 5.99. The third-order valence-corrected chi connectivity index (χ3v) is 3.63. The Hall–Kier alpha value is -0.760. The van der Waals surface area contributed by atoms with Crippen LogP contribution in [0, 0.1) is 11.8 Å². The van der Waals surface area contributed by atoms with Gasteiger partial charge in [-0.25, -0.2) is 4.98 Å². The number of aromatic nitrogens is 1. The van der Waals surface area contributed by atoms with Crippen molar-refractivity contribution in [3.63, 3.8) is 0 Å². The Morgan fingerprint density at radius 1 is 1.53 bits per heavy atom. The molecule has 1 aliphatic carbocycles. The number of nitrogens with one attached hydrogen (secondary N) is 1. The fraction of sp³-hybridized carbons (Fsp3) is 0.583. The van der Waals surface area contributed by atoms with Crippen molar-refractivity contribution in [2.45, 2.75) is 26.2 Å². The van der Waals surface area contributed by atoms with Crippen LogP contribution in [0.5, 0.6) is 0 Å². The molecule has 1 aromatic heterocycles. The lowest BCUT2D eigenvalue weighted by Crippen LogP contribution is -2.17. The Kier molecular flexibility index (Phi) is 3.47.